The van der Waals surface area contributed by atoms with Crippen LogP contribution in [0.1, 0.15) is 58.4 Å². The molecule has 2 aliphatic rings. The van der Waals surface area contributed by atoms with Gasteiger partial charge in [-0.3, -0.25) is 4.79 Å². The number of nitrogens with zero attached hydrogens (tertiary/aromatic N) is 2. The molecule has 2 aromatic rings. The van der Waals surface area contributed by atoms with Crippen molar-refractivity contribution in [2.24, 2.45) is 11.8 Å². The molecule has 202 valence electrons. The molecule has 1 unspecified atom stereocenters. The summed E-state index contributed by atoms with van der Waals surface area (Å²) in [5, 5.41) is 27.9. The molecule has 0 bridgehead atoms. The second-order valence-electron chi connectivity index (χ2n) is 10.8. The van der Waals surface area contributed by atoms with E-state index >= 15 is 0 Å². The smallest absolute Gasteiger partial charge is 0.227 e. The molecule has 8 heteroatoms. The summed E-state index contributed by atoms with van der Waals surface area (Å²) in [7, 11) is 0. The van der Waals surface area contributed by atoms with E-state index in [-0.39, 0.29) is 36.4 Å². The van der Waals surface area contributed by atoms with Gasteiger partial charge in [0.2, 0.25) is 11.8 Å². The van der Waals surface area contributed by atoms with E-state index in [1.54, 1.807) is 0 Å². The molecule has 1 saturated carbocycles. The third-order valence-electron chi connectivity index (χ3n) is 7.07. The number of benzene rings is 1. The first kappa shape index (κ1) is 27.2. The van der Waals surface area contributed by atoms with Gasteiger partial charge >= 0.3 is 0 Å². The predicted octanol–water partition coefficient (Wildman–Crippen LogP) is 3.89. The molecule has 2 atom stereocenters. The number of fused-ring (bicyclic) bond motifs is 1. The standard InChI is InChI=1S/C29H42N4O4/c1-4-11-37-27-14-22(25-7-5-6-8-26(25)32-27)17-33(24-9-10-24)29(36)21-13-20(15-30-16-21)28(35)31-23(18-34)12-19(2)3/h5-8,14,19,21,23-24,30-31,34-35H,4,9-13,15-18H2,1-3H3/b28-20+/t21-,23?/m1/s1. The first-order chi connectivity index (χ1) is 17.9. The molecule has 8 nitrogen and oxygen atoms in total. The average Bonchev–Trinajstić information content (AvgIpc) is 3.74. The molecular weight excluding hydrogens is 468 g/mol. The van der Waals surface area contributed by atoms with Gasteiger partial charge in [-0.1, -0.05) is 39.0 Å². The van der Waals surface area contributed by atoms with Crippen molar-refractivity contribution in [1.82, 2.24) is 20.5 Å². The van der Waals surface area contributed by atoms with E-state index < -0.39 is 0 Å². The van der Waals surface area contributed by atoms with Gasteiger partial charge in [-0.15, -0.1) is 0 Å². The minimum atomic E-state index is -0.255. The van der Waals surface area contributed by atoms with Crippen molar-refractivity contribution in [3.05, 3.63) is 47.4 Å². The number of nitrogens with one attached hydrogen (secondary N) is 2. The van der Waals surface area contributed by atoms with Crippen LogP contribution >= 0.6 is 0 Å². The van der Waals surface area contributed by atoms with Crippen molar-refractivity contribution in [3.63, 3.8) is 0 Å². The van der Waals surface area contributed by atoms with E-state index in [2.05, 4.69) is 42.5 Å². The molecule has 1 saturated heterocycles. The number of para-hydroxylation sites is 1. The monoisotopic (exact) mass is 510 g/mol. The molecule has 1 aliphatic carbocycles. The lowest BCUT2D eigenvalue weighted by atomic mass is 9.93. The molecule has 2 heterocycles. The van der Waals surface area contributed by atoms with Crippen molar-refractivity contribution >= 4 is 16.8 Å². The number of piperidine rings is 1. The van der Waals surface area contributed by atoms with Crippen LogP contribution in [-0.4, -0.2) is 64.4 Å². The summed E-state index contributed by atoms with van der Waals surface area (Å²) in [6.07, 6.45) is 4.17. The number of carbonyl (C=O) groups is 1. The predicted molar refractivity (Wildman–Crippen MR) is 145 cm³/mol. The van der Waals surface area contributed by atoms with Gasteiger partial charge in [0, 0.05) is 42.7 Å². The van der Waals surface area contributed by atoms with Gasteiger partial charge in [0.1, 0.15) is 0 Å². The van der Waals surface area contributed by atoms with Crippen molar-refractivity contribution in [1.29, 1.82) is 0 Å². The zero-order valence-electron chi connectivity index (χ0n) is 22.4. The summed E-state index contributed by atoms with van der Waals surface area (Å²) >= 11 is 0. The minimum Gasteiger partial charge on any atom is -0.495 e. The van der Waals surface area contributed by atoms with E-state index in [0.29, 0.717) is 44.5 Å². The quantitative estimate of drug-likeness (QED) is 0.321. The molecule has 4 rings (SSSR count). The van der Waals surface area contributed by atoms with E-state index in [1.165, 1.54) is 0 Å². The molecule has 1 aromatic carbocycles. The lowest BCUT2D eigenvalue weighted by Gasteiger charge is -2.32. The number of rotatable bonds is 12. The van der Waals surface area contributed by atoms with Gasteiger partial charge in [-0.2, -0.15) is 0 Å². The number of carbonyl (C=O) groups excluding carboxylic acids is 1. The lowest BCUT2D eigenvalue weighted by Crippen LogP contribution is -2.45. The average molecular weight is 511 g/mol. The fourth-order valence-electron chi connectivity index (χ4n) is 5.06. The van der Waals surface area contributed by atoms with Crippen LogP contribution in [0.5, 0.6) is 5.88 Å². The van der Waals surface area contributed by atoms with Crippen LogP contribution in [0.25, 0.3) is 10.9 Å². The van der Waals surface area contributed by atoms with Gasteiger partial charge in [-0.25, -0.2) is 4.98 Å². The van der Waals surface area contributed by atoms with Crippen LogP contribution in [-0.2, 0) is 11.3 Å². The Morgan fingerprint density at radius 2 is 2.08 bits per heavy atom. The number of aliphatic hydroxyl groups is 2. The summed E-state index contributed by atoms with van der Waals surface area (Å²) in [5.41, 5.74) is 2.70. The molecule has 0 spiro atoms. The Hall–Kier alpha value is -2.84. The van der Waals surface area contributed by atoms with Crippen molar-refractivity contribution in [2.75, 3.05) is 26.3 Å². The highest BCUT2D eigenvalue weighted by Gasteiger charge is 2.37. The topological polar surface area (TPSA) is 107 Å². The Morgan fingerprint density at radius 3 is 2.78 bits per heavy atom. The number of ether oxygens (including phenoxy) is 1. The Balaban J connectivity index is 1.52. The number of aromatic nitrogens is 1. The van der Waals surface area contributed by atoms with Crippen LogP contribution in [0.4, 0.5) is 0 Å². The summed E-state index contributed by atoms with van der Waals surface area (Å²) in [6.45, 7) is 8.41. The maximum atomic E-state index is 13.8. The normalized spacial score (nSPS) is 20.1. The lowest BCUT2D eigenvalue weighted by molar-refractivity contribution is -0.136. The zero-order chi connectivity index (χ0) is 26.4. The second-order valence-corrected chi connectivity index (χ2v) is 10.8. The molecule has 1 amide bonds. The largest absolute Gasteiger partial charge is 0.495 e. The molecule has 37 heavy (non-hydrogen) atoms. The first-order valence-electron chi connectivity index (χ1n) is 13.7. The van der Waals surface area contributed by atoms with E-state index in [9.17, 15) is 15.0 Å². The number of aliphatic hydroxyl groups excluding tert-OH is 2. The van der Waals surface area contributed by atoms with Gasteiger partial charge < -0.3 is 30.5 Å². The summed E-state index contributed by atoms with van der Waals surface area (Å²) in [5.74, 6) is 0.929. The van der Waals surface area contributed by atoms with Crippen LogP contribution in [0.3, 0.4) is 0 Å². The first-order valence-corrected chi connectivity index (χ1v) is 13.7. The fourth-order valence-corrected chi connectivity index (χ4v) is 5.06. The second kappa shape index (κ2) is 12.6. The third-order valence-corrected chi connectivity index (χ3v) is 7.07. The van der Waals surface area contributed by atoms with Gasteiger partial charge in [0.05, 0.1) is 30.7 Å². The van der Waals surface area contributed by atoms with Crippen LogP contribution in [0, 0.1) is 11.8 Å². The Bertz CT molecular complexity index is 1100. The Kier molecular flexibility index (Phi) is 9.27. The van der Waals surface area contributed by atoms with Gasteiger partial charge in [0.25, 0.3) is 0 Å². The maximum absolute atomic E-state index is 13.8. The molecule has 4 N–H and O–H groups in total. The third kappa shape index (κ3) is 7.14. The van der Waals surface area contributed by atoms with Crippen LogP contribution in [0.15, 0.2) is 41.8 Å². The highest BCUT2D eigenvalue weighted by molar-refractivity contribution is 5.84. The fraction of sp³-hybridized carbons (Fsp3) is 0.586. The van der Waals surface area contributed by atoms with Gasteiger partial charge in [-0.05, 0) is 49.7 Å². The summed E-state index contributed by atoms with van der Waals surface area (Å²) < 4.78 is 5.86. The highest BCUT2D eigenvalue weighted by atomic mass is 16.5. The van der Waals surface area contributed by atoms with Gasteiger partial charge in [0.15, 0.2) is 5.88 Å². The molecular formula is C29H42N4O4. The summed E-state index contributed by atoms with van der Waals surface area (Å²) in [6, 6.07) is 10.0. The number of hydrogen-bond acceptors (Lipinski definition) is 7. The number of amides is 1. The van der Waals surface area contributed by atoms with Crippen LogP contribution < -0.4 is 15.4 Å². The number of pyridine rings is 1. The number of hydrogen-bond donors (Lipinski definition) is 4. The SMILES string of the molecule is CCCOc1cc(CN(C(=O)[C@H]2CNC/C(=C(/O)NC(CO)CC(C)C)C2)C2CC2)c2ccccc2n1. The molecule has 1 aliphatic heterocycles. The Morgan fingerprint density at radius 1 is 1.30 bits per heavy atom. The highest BCUT2D eigenvalue weighted by Crippen LogP contribution is 2.33. The minimum absolute atomic E-state index is 0.0510. The molecule has 1 aromatic heterocycles. The molecule has 2 fully saturated rings. The Labute approximate surface area is 220 Å². The molecule has 0 radical (unpaired) electrons. The van der Waals surface area contributed by atoms with Crippen molar-refractivity contribution < 1.29 is 19.7 Å². The van der Waals surface area contributed by atoms with E-state index in [4.69, 9.17) is 4.74 Å². The summed E-state index contributed by atoms with van der Waals surface area (Å²) in [4.78, 5) is 20.5. The zero-order valence-corrected chi connectivity index (χ0v) is 22.4. The van der Waals surface area contributed by atoms with E-state index in [1.807, 2.05) is 29.2 Å². The van der Waals surface area contributed by atoms with Crippen LogP contribution in [0.2, 0.25) is 0 Å². The van der Waals surface area contributed by atoms with E-state index in [0.717, 1.165) is 47.7 Å². The van der Waals surface area contributed by atoms with Crippen molar-refractivity contribution in [3.8, 4) is 5.88 Å². The van der Waals surface area contributed by atoms with Crippen molar-refractivity contribution in [2.45, 2.75) is 71.5 Å². The maximum Gasteiger partial charge on any atom is 0.227 e.